The molecule has 0 spiro atoms. The van der Waals surface area contributed by atoms with E-state index in [-0.39, 0.29) is 5.91 Å². The summed E-state index contributed by atoms with van der Waals surface area (Å²) in [6.07, 6.45) is 3.66. The number of rotatable bonds is 6. The fourth-order valence-corrected chi connectivity index (χ4v) is 3.81. The monoisotopic (exact) mass is 404 g/mol. The number of anilines is 1. The van der Waals surface area contributed by atoms with Crippen LogP contribution in [0.4, 0.5) is 5.69 Å². The quantitative estimate of drug-likeness (QED) is 0.690. The van der Waals surface area contributed by atoms with Crippen molar-refractivity contribution >= 4 is 34.8 Å². The Hall–Kier alpha value is -1.71. The van der Waals surface area contributed by atoms with Crippen LogP contribution < -0.4 is 10.2 Å². The second kappa shape index (κ2) is 9.48. The van der Waals surface area contributed by atoms with E-state index >= 15 is 0 Å². The maximum absolute atomic E-state index is 12.1. The Bertz CT molecular complexity index is 776. The Labute approximate surface area is 171 Å². The summed E-state index contributed by atoms with van der Waals surface area (Å²) in [5, 5.41) is 4.05. The van der Waals surface area contributed by atoms with Gasteiger partial charge in [-0.25, -0.2) is 0 Å². The predicted octanol–water partition coefficient (Wildman–Crippen LogP) is 5.48. The molecule has 0 aromatic heterocycles. The summed E-state index contributed by atoms with van der Waals surface area (Å²) in [6.45, 7) is 5.13. The van der Waals surface area contributed by atoms with Crippen LogP contribution in [0.15, 0.2) is 42.5 Å². The summed E-state index contributed by atoms with van der Waals surface area (Å²) in [5.41, 5.74) is 3.41. The Balaban J connectivity index is 1.45. The molecule has 1 amide bonds. The van der Waals surface area contributed by atoms with E-state index in [9.17, 15) is 4.79 Å². The van der Waals surface area contributed by atoms with Crippen molar-refractivity contribution < 1.29 is 4.79 Å². The second-order valence-corrected chi connectivity index (χ2v) is 8.20. The number of piperidine rings is 1. The Morgan fingerprint density at radius 2 is 1.85 bits per heavy atom. The van der Waals surface area contributed by atoms with Crippen molar-refractivity contribution in [2.45, 2.75) is 39.2 Å². The highest BCUT2D eigenvalue weighted by atomic mass is 35.5. The van der Waals surface area contributed by atoms with Crippen molar-refractivity contribution in [3.8, 4) is 0 Å². The lowest BCUT2D eigenvalue weighted by Gasteiger charge is -2.32. The van der Waals surface area contributed by atoms with E-state index < -0.39 is 0 Å². The van der Waals surface area contributed by atoms with Crippen LogP contribution in [0.2, 0.25) is 10.0 Å². The van der Waals surface area contributed by atoms with Gasteiger partial charge in [-0.1, -0.05) is 48.3 Å². The molecule has 0 radical (unpaired) electrons. The summed E-state index contributed by atoms with van der Waals surface area (Å²) in [4.78, 5) is 14.6. The molecule has 2 aromatic rings. The highest BCUT2D eigenvalue weighted by Crippen LogP contribution is 2.24. The van der Waals surface area contributed by atoms with Gasteiger partial charge < -0.3 is 10.2 Å². The number of nitrogens with zero attached hydrogens (tertiary/aromatic N) is 1. The lowest BCUT2D eigenvalue weighted by molar-refractivity contribution is -0.121. The minimum atomic E-state index is 0.0370. The van der Waals surface area contributed by atoms with Crippen molar-refractivity contribution in [1.82, 2.24) is 5.32 Å². The Morgan fingerprint density at radius 1 is 1.11 bits per heavy atom. The zero-order valence-electron chi connectivity index (χ0n) is 15.7. The maximum Gasteiger partial charge on any atom is 0.220 e. The molecule has 3 nitrogen and oxygen atoms in total. The molecule has 1 fully saturated rings. The lowest BCUT2D eigenvalue weighted by Crippen LogP contribution is -2.34. The van der Waals surface area contributed by atoms with E-state index in [0.717, 1.165) is 30.1 Å². The van der Waals surface area contributed by atoms with Crippen molar-refractivity contribution in [1.29, 1.82) is 0 Å². The van der Waals surface area contributed by atoms with Crippen molar-refractivity contribution in [3.05, 3.63) is 63.6 Å². The van der Waals surface area contributed by atoms with E-state index in [2.05, 4.69) is 41.4 Å². The fourth-order valence-electron chi connectivity index (χ4n) is 3.49. The molecule has 3 rings (SSSR count). The van der Waals surface area contributed by atoms with E-state index in [1.54, 1.807) is 6.07 Å². The molecule has 27 heavy (non-hydrogen) atoms. The molecular formula is C22H26Cl2N2O. The third-order valence-corrected chi connectivity index (χ3v) is 5.81. The molecule has 1 saturated heterocycles. The van der Waals surface area contributed by atoms with Gasteiger partial charge >= 0.3 is 0 Å². The first kappa shape index (κ1) is 20.0. The van der Waals surface area contributed by atoms with Gasteiger partial charge in [-0.2, -0.15) is 0 Å². The number of hydrogen-bond acceptors (Lipinski definition) is 2. The van der Waals surface area contributed by atoms with Gasteiger partial charge in [0.05, 0.1) is 10.0 Å². The number of carbonyl (C=O) groups is 1. The van der Waals surface area contributed by atoms with Gasteiger partial charge in [0.1, 0.15) is 0 Å². The average Bonchev–Trinajstić information content (AvgIpc) is 2.67. The standard InChI is InChI=1S/C22H26Cl2N2O/c1-16-3-2-12-26(15-16)19-8-4-18(5-9-19)14-25-22(27)11-7-17-6-10-20(23)21(24)13-17/h4-6,8-10,13,16H,2-3,7,11-12,14-15H2,1H3,(H,25,27)/t16-/m0/s1. The van der Waals surface area contributed by atoms with Crippen LogP contribution in [-0.2, 0) is 17.8 Å². The third-order valence-electron chi connectivity index (χ3n) is 5.07. The highest BCUT2D eigenvalue weighted by molar-refractivity contribution is 6.42. The molecule has 0 saturated carbocycles. The second-order valence-electron chi connectivity index (χ2n) is 7.39. The fraction of sp³-hybridized carbons (Fsp3) is 0.409. The van der Waals surface area contributed by atoms with Crippen LogP contribution in [0.25, 0.3) is 0 Å². The summed E-state index contributed by atoms with van der Waals surface area (Å²) >= 11 is 11.9. The predicted molar refractivity (Wildman–Crippen MR) is 114 cm³/mol. The number of aryl methyl sites for hydroxylation is 1. The number of carbonyl (C=O) groups excluding carboxylic acids is 1. The molecule has 1 heterocycles. The summed E-state index contributed by atoms with van der Waals surface area (Å²) in [5.74, 6) is 0.795. The first-order valence-electron chi connectivity index (χ1n) is 9.56. The zero-order valence-corrected chi connectivity index (χ0v) is 17.2. The zero-order chi connectivity index (χ0) is 19.2. The number of halogens is 2. The minimum Gasteiger partial charge on any atom is -0.371 e. The van der Waals surface area contributed by atoms with E-state index in [0.29, 0.717) is 29.4 Å². The van der Waals surface area contributed by atoms with Gasteiger partial charge in [0.25, 0.3) is 0 Å². The Kier molecular flexibility index (Phi) is 7.03. The molecule has 0 bridgehead atoms. The number of hydrogen-bond donors (Lipinski definition) is 1. The van der Waals surface area contributed by atoms with E-state index in [4.69, 9.17) is 23.2 Å². The third kappa shape index (κ3) is 5.88. The van der Waals surface area contributed by atoms with Gasteiger partial charge in [-0.15, -0.1) is 0 Å². The smallest absolute Gasteiger partial charge is 0.220 e. The molecule has 1 N–H and O–H groups in total. The lowest BCUT2D eigenvalue weighted by atomic mass is 9.99. The van der Waals surface area contributed by atoms with Crippen LogP contribution in [0, 0.1) is 5.92 Å². The number of benzene rings is 2. The molecule has 1 aliphatic rings. The first-order valence-corrected chi connectivity index (χ1v) is 10.3. The van der Waals surface area contributed by atoms with Crippen LogP contribution in [0.5, 0.6) is 0 Å². The molecule has 5 heteroatoms. The summed E-state index contributed by atoms with van der Waals surface area (Å²) in [7, 11) is 0. The molecule has 0 unspecified atom stereocenters. The number of nitrogens with one attached hydrogen (secondary N) is 1. The van der Waals surface area contributed by atoms with E-state index in [1.807, 2.05) is 12.1 Å². The van der Waals surface area contributed by atoms with Crippen LogP contribution in [-0.4, -0.2) is 19.0 Å². The SMILES string of the molecule is C[C@H]1CCCN(c2ccc(CNC(=O)CCc3ccc(Cl)c(Cl)c3)cc2)C1. The van der Waals surface area contributed by atoms with Gasteiger partial charge in [0.2, 0.25) is 5.91 Å². The van der Waals surface area contributed by atoms with Gasteiger partial charge in [-0.3, -0.25) is 4.79 Å². The topological polar surface area (TPSA) is 32.3 Å². The minimum absolute atomic E-state index is 0.0370. The molecule has 2 aromatic carbocycles. The molecular weight excluding hydrogens is 379 g/mol. The van der Waals surface area contributed by atoms with Gasteiger partial charge in [0.15, 0.2) is 0 Å². The first-order chi connectivity index (χ1) is 13.0. The van der Waals surface area contributed by atoms with Crippen molar-refractivity contribution in [2.75, 3.05) is 18.0 Å². The van der Waals surface area contributed by atoms with Crippen LogP contribution in [0.1, 0.15) is 37.3 Å². The molecule has 1 aliphatic heterocycles. The van der Waals surface area contributed by atoms with Crippen LogP contribution in [0.3, 0.4) is 0 Å². The summed E-state index contributed by atoms with van der Waals surface area (Å²) in [6, 6.07) is 14.0. The van der Waals surface area contributed by atoms with Crippen molar-refractivity contribution in [3.63, 3.8) is 0 Å². The van der Waals surface area contributed by atoms with E-state index in [1.165, 1.54) is 18.5 Å². The Morgan fingerprint density at radius 3 is 2.56 bits per heavy atom. The molecule has 1 atom stereocenters. The van der Waals surface area contributed by atoms with Gasteiger partial charge in [0, 0.05) is 31.7 Å². The average molecular weight is 405 g/mol. The summed E-state index contributed by atoms with van der Waals surface area (Å²) < 4.78 is 0. The maximum atomic E-state index is 12.1. The highest BCUT2D eigenvalue weighted by Gasteiger charge is 2.16. The normalized spacial score (nSPS) is 17.0. The number of amides is 1. The largest absolute Gasteiger partial charge is 0.371 e. The van der Waals surface area contributed by atoms with Gasteiger partial charge in [-0.05, 0) is 60.6 Å². The molecule has 144 valence electrons. The molecule has 0 aliphatic carbocycles. The van der Waals surface area contributed by atoms with Crippen molar-refractivity contribution in [2.24, 2.45) is 5.92 Å². The van der Waals surface area contributed by atoms with Crippen LogP contribution >= 0.6 is 23.2 Å².